The minimum absolute atomic E-state index is 0.707. The molecule has 0 bridgehead atoms. The second-order valence-electron chi connectivity index (χ2n) is 18.6. The Balaban J connectivity index is 1.03. The Morgan fingerprint density at radius 1 is 0.242 bits per heavy atom. The van der Waals surface area contributed by atoms with Crippen molar-refractivity contribution >= 4 is 86.2 Å². The first kappa shape index (κ1) is 34.9. The maximum Gasteiger partial charge on any atom is 0.140 e. The molecule has 14 aromatic rings. The molecule has 66 heavy (non-hydrogen) atoms. The first-order chi connectivity index (χ1) is 32.7. The highest BCUT2D eigenvalue weighted by Gasteiger charge is 2.52. The quantitative estimate of drug-likeness (QED) is 0.158. The van der Waals surface area contributed by atoms with E-state index in [4.69, 9.17) is 4.74 Å². The van der Waals surface area contributed by atoms with Gasteiger partial charge in [0.25, 0.3) is 0 Å². The molecule has 1 aliphatic carbocycles. The Hall–Kier alpha value is -8.52. The van der Waals surface area contributed by atoms with Gasteiger partial charge in [0.05, 0.1) is 5.41 Å². The highest BCUT2D eigenvalue weighted by atomic mass is 16.5. The fourth-order valence-electron chi connectivity index (χ4n) is 12.8. The number of rotatable bonds is 2. The summed E-state index contributed by atoms with van der Waals surface area (Å²) in [5, 5.41) is 20.1. The molecule has 302 valence electrons. The topological polar surface area (TPSA) is 9.23 Å². The Bertz CT molecular complexity index is 4120. The van der Waals surface area contributed by atoms with Crippen molar-refractivity contribution < 1.29 is 4.74 Å². The van der Waals surface area contributed by atoms with Crippen LogP contribution in [0.15, 0.2) is 218 Å². The minimum Gasteiger partial charge on any atom is -0.455 e. The number of hydrogen-bond acceptors (Lipinski definition) is 1. The van der Waals surface area contributed by atoms with Gasteiger partial charge in [0.1, 0.15) is 11.5 Å². The van der Waals surface area contributed by atoms with Crippen molar-refractivity contribution in [1.29, 1.82) is 0 Å². The van der Waals surface area contributed by atoms with E-state index >= 15 is 0 Å². The lowest BCUT2D eigenvalue weighted by Crippen LogP contribution is -2.32. The second kappa shape index (κ2) is 12.4. The Morgan fingerprint density at radius 3 is 1.08 bits per heavy atom. The lowest BCUT2D eigenvalue weighted by atomic mass is 9.65. The average Bonchev–Trinajstić information content (AvgIpc) is 3.66. The van der Waals surface area contributed by atoms with Crippen LogP contribution in [0, 0.1) is 0 Å². The molecule has 0 aromatic heterocycles. The monoisotopic (exact) mass is 832 g/mol. The summed E-state index contributed by atoms with van der Waals surface area (Å²) in [5.74, 6) is 1.86. The second-order valence-corrected chi connectivity index (χ2v) is 18.6. The summed E-state index contributed by atoms with van der Waals surface area (Å²) in [6.45, 7) is 0. The predicted octanol–water partition coefficient (Wildman–Crippen LogP) is 17.6. The third kappa shape index (κ3) is 4.31. The fourth-order valence-corrected chi connectivity index (χ4v) is 12.8. The van der Waals surface area contributed by atoms with Crippen molar-refractivity contribution in [2.45, 2.75) is 5.41 Å². The van der Waals surface area contributed by atoms with Crippen LogP contribution in [0.25, 0.3) is 120 Å². The molecule has 0 saturated carbocycles. The molecule has 16 rings (SSSR count). The van der Waals surface area contributed by atoms with E-state index in [0.29, 0.717) is 0 Å². The molecule has 0 atom stereocenters. The zero-order valence-corrected chi connectivity index (χ0v) is 35.7. The predicted molar refractivity (Wildman–Crippen MR) is 277 cm³/mol. The van der Waals surface area contributed by atoms with Gasteiger partial charge in [0.2, 0.25) is 0 Å². The molecule has 0 fully saturated rings. The van der Waals surface area contributed by atoms with Crippen molar-refractivity contribution in [3.05, 3.63) is 241 Å². The van der Waals surface area contributed by atoms with Gasteiger partial charge in [-0.1, -0.05) is 206 Å². The third-order valence-electron chi connectivity index (χ3n) is 15.6. The SMILES string of the molecule is c1ccc2c3c(ccc2c1)C1(c2cc(-c4ccc5ccc6cccc7ccc4c5c67)ccc2-c2ccc(-c4ccc5ccc6cccc7ccc4c5c67)cc21)c1ccc2ccccc2c1O3. The number of hydrogen-bond donors (Lipinski definition) is 0. The molecular formula is C65H36O. The molecule has 1 aliphatic heterocycles. The third-order valence-corrected chi connectivity index (χ3v) is 15.6. The summed E-state index contributed by atoms with van der Waals surface area (Å²) < 4.78 is 7.40. The zero-order chi connectivity index (χ0) is 42.8. The maximum atomic E-state index is 7.40. The average molecular weight is 833 g/mol. The van der Waals surface area contributed by atoms with Crippen LogP contribution >= 0.6 is 0 Å². The van der Waals surface area contributed by atoms with Crippen LogP contribution in [0.3, 0.4) is 0 Å². The van der Waals surface area contributed by atoms with E-state index in [1.807, 2.05) is 0 Å². The van der Waals surface area contributed by atoms with Crippen LogP contribution in [-0.2, 0) is 5.41 Å². The van der Waals surface area contributed by atoms with Gasteiger partial charge in [0, 0.05) is 21.9 Å². The number of benzene rings is 14. The van der Waals surface area contributed by atoms with Crippen molar-refractivity contribution in [3.63, 3.8) is 0 Å². The molecule has 2 aliphatic rings. The molecule has 0 unspecified atom stereocenters. The molecule has 1 heterocycles. The van der Waals surface area contributed by atoms with Gasteiger partial charge in [-0.05, 0) is 132 Å². The molecule has 1 spiro atoms. The van der Waals surface area contributed by atoms with Gasteiger partial charge >= 0.3 is 0 Å². The van der Waals surface area contributed by atoms with E-state index in [9.17, 15) is 0 Å². The lowest BCUT2D eigenvalue weighted by Gasteiger charge is -2.40. The molecule has 0 N–H and O–H groups in total. The van der Waals surface area contributed by atoms with Gasteiger partial charge in [-0.2, -0.15) is 0 Å². The highest BCUT2D eigenvalue weighted by Crippen LogP contribution is 2.65. The van der Waals surface area contributed by atoms with Crippen LogP contribution in [0.5, 0.6) is 11.5 Å². The summed E-state index contributed by atoms with van der Waals surface area (Å²) in [7, 11) is 0. The summed E-state index contributed by atoms with van der Waals surface area (Å²) in [4.78, 5) is 0. The smallest absolute Gasteiger partial charge is 0.140 e. The van der Waals surface area contributed by atoms with Gasteiger partial charge in [-0.15, -0.1) is 0 Å². The number of ether oxygens (including phenoxy) is 1. The van der Waals surface area contributed by atoms with Gasteiger partial charge in [-0.25, -0.2) is 0 Å². The summed E-state index contributed by atoms with van der Waals surface area (Å²) in [6.07, 6.45) is 0. The molecule has 14 aromatic carbocycles. The molecule has 0 amide bonds. The van der Waals surface area contributed by atoms with E-state index in [-0.39, 0.29) is 0 Å². The minimum atomic E-state index is -0.707. The van der Waals surface area contributed by atoms with Crippen LogP contribution < -0.4 is 4.74 Å². The van der Waals surface area contributed by atoms with Crippen molar-refractivity contribution in [2.24, 2.45) is 0 Å². The molecule has 1 nitrogen and oxygen atoms in total. The van der Waals surface area contributed by atoms with Crippen LogP contribution in [0.2, 0.25) is 0 Å². The first-order valence-electron chi connectivity index (χ1n) is 23.1. The van der Waals surface area contributed by atoms with E-state index in [1.54, 1.807) is 0 Å². The van der Waals surface area contributed by atoms with Crippen LogP contribution in [0.4, 0.5) is 0 Å². The summed E-state index contributed by atoms with van der Waals surface area (Å²) in [6, 6.07) is 82.4. The van der Waals surface area contributed by atoms with E-state index < -0.39 is 5.41 Å². The molecule has 0 radical (unpaired) electrons. The first-order valence-corrected chi connectivity index (χ1v) is 23.1. The molecular weight excluding hydrogens is 797 g/mol. The lowest BCUT2D eigenvalue weighted by molar-refractivity contribution is 0.447. The number of fused-ring (bicyclic) bond motifs is 13. The van der Waals surface area contributed by atoms with Crippen molar-refractivity contribution in [3.8, 4) is 44.9 Å². The van der Waals surface area contributed by atoms with Crippen molar-refractivity contribution in [1.82, 2.24) is 0 Å². The van der Waals surface area contributed by atoms with E-state index in [0.717, 1.165) is 22.3 Å². The van der Waals surface area contributed by atoms with Crippen molar-refractivity contribution in [2.75, 3.05) is 0 Å². The maximum absolute atomic E-state index is 7.40. The largest absolute Gasteiger partial charge is 0.455 e. The van der Waals surface area contributed by atoms with E-state index in [1.165, 1.54) is 131 Å². The summed E-state index contributed by atoms with van der Waals surface area (Å²) >= 11 is 0. The van der Waals surface area contributed by atoms with Crippen LogP contribution in [0.1, 0.15) is 22.3 Å². The fraction of sp³-hybridized carbons (Fsp3) is 0.0154. The van der Waals surface area contributed by atoms with Gasteiger partial charge < -0.3 is 4.74 Å². The standard InChI is InChI=1S/C65H36O/c1-3-13-49-37(7-1)25-33-55-63(49)66-64-50-14-4-2-8-38(50)26-34-56(64)65(55)57-35-45(47-27-19-43-17-15-39-9-5-11-41-21-31-53(47)61(43)59(39)41)23-29-51(57)52-30-24-46(36-58(52)65)48-28-20-44-18-16-40-10-6-12-42-22-32-54(48)62(44)60(40)42/h1-36H. The summed E-state index contributed by atoms with van der Waals surface area (Å²) in [5.41, 5.74) is 11.6. The normalized spacial score (nSPS) is 13.7. The Kier molecular flexibility index (Phi) is 6.55. The zero-order valence-electron chi connectivity index (χ0n) is 35.7. The van der Waals surface area contributed by atoms with Gasteiger partial charge in [0.15, 0.2) is 0 Å². The molecule has 0 saturated heterocycles. The Morgan fingerprint density at radius 2 is 0.606 bits per heavy atom. The highest BCUT2D eigenvalue weighted by molar-refractivity contribution is 6.27. The Labute approximate surface area is 380 Å². The molecule has 1 heteroatoms. The van der Waals surface area contributed by atoms with Crippen LogP contribution in [-0.4, -0.2) is 0 Å². The van der Waals surface area contributed by atoms with Gasteiger partial charge in [-0.3, -0.25) is 0 Å². The van der Waals surface area contributed by atoms with E-state index in [2.05, 4.69) is 218 Å².